The number of nitrogens with one attached hydrogen (secondary N) is 1. The fourth-order valence-electron chi connectivity index (χ4n) is 2.39. The van der Waals surface area contributed by atoms with Gasteiger partial charge in [-0.05, 0) is 23.8 Å². The maximum atomic E-state index is 11.3. The molecule has 0 saturated heterocycles. The summed E-state index contributed by atoms with van der Waals surface area (Å²) >= 11 is 0. The van der Waals surface area contributed by atoms with Gasteiger partial charge in [0.15, 0.2) is 23.0 Å². The molecule has 27 heavy (non-hydrogen) atoms. The van der Waals surface area contributed by atoms with Crippen molar-refractivity contribution < 1.29 is 23.9 Å². The number of hydrazone groups is 1. The Hall–Kier alpha value is -3.49. The highest BCUT2D eigenvalue weighted by atomic mass is 16.6. The number of hydrogen-bond acceptors (Lipinski definition) is 8. The van der Waals surface area contributed by atoms with Crippen molar-refractivity contribution in [3.8, 4) is 23.0 Å². The second-order valence-electron chi connectivity index (χ2n) is 5.31. The number of methoxy groups -OCH3 is 4. The molecular formula is C18H21N3O6. The third-order valence-corrected chi connectivity index (χ3v) is 3.76. The van der Waals surface area contributed by atoms with Crippen LogP contribution >= 0.6 is 0 Å². The lowest BCUT2D eigenvalue weighted by Gasteiger charge is -2.09. The molecule has 9 heteroatoms. The lowest BCUT2D eigenvalue weighted by molar-refractivity contribution is -0.385. The highest BCUT2D eigenvalue weighted by Gasteiger charge is 2.18. The van der Waals surface area contributed by atoms with Crippen LogP contribution in [0.2, 0.25) is 0 Å². The molecule has 0 amide bonds. The van der Waals surface area contributed by atoms with Gasteiger partial charge in [0.25, 0.3) is 5.69 Å². The van der Waals surface area contributed by atoms with Gasteiger partial charge >= 0.3 is 0 Å². The Morgan fingerprint density at radius 1 is 0.963 bits per heavy atom. The Labute approximate surface area is 156 Å². The van der Waals surface area contributed by atoms with E-state index in [0.717, 1.165) is 5.56 Å². The number of rotatable bonds is 9. The van der Waals surface area contributed by atoms with Crippen LogP contribution in [0.15, 0.2) is 35.4 Å². The largest absolute Gasteiger partial charge is 0.493 e. The first-order valence-corrected chi connectivity index (χ1v) is 7.91. The van der Waals surface area contributed by atoms with Gasteiger partial charge in [-0.25, -0.2) is 0 Å². The van der Waals surface area contributed by atoms with Gasteiger partial charge in [-0.15, -0.1) is 0 Å². The van der Waals surface area contributed by atoms with Gasteiger partial charge in [-0.2, -0.15) is 5.10 Å². The second-order valence-corrected chi connectivity index (χ2v) is 5.31. The van der Waals surface area contributed by atoms with Crippen molar-refractivity contribution >= 4 is 11.9 Å². The molecule has 2 aromatic carbocycles. The third-order valence-electron chi connectivity index (χ3n) is 3.76. The Balaban J connectivity index is 2.15. The number of nitrogens with zero attached hydrogens (tertiary/aromatic N) is 2. The van der Waals surface area contributed by atoms with Crippen LogP contribution in [0.3, 0.4) is 0 Å². The summed E-state index contributed by atoms with van der Waals surface area (Å²) in [4.78, 5) is 10.8. The molecule has 0 aliphatic carbocycles. The molecule has 0 atom stereocenters. The number of nitro groups is 1. The van der Waals surface area contributed by atoms with E-state index < -0.39 is 4.92 Å². The molecule has 9 nitrogen and oxygen atoms in total. The van der Waals surface area contributed by atoms with E-state index in [4.69, 9.17) is 18.9 Å². The summed E-state index contributed by atoms with van der Waals surface area (Å²) in [6.45, 7) is 0.401. The van der Waals surface area contributed by atoms with Crippen LogP contribution in [0.1, 0.15) is 11.1 Å². The molecule has 0 unspecified atom stereocenters. The summed E-state index contributed by atoms with van der Waals surface area (Å²) < 4.78 is 20.7. The van der Waals surface area contributed by atoms with Crippen molar-refractivity contribution in [3.05, 3.63) is 51.6 Å². The Morgan fingerprint density at radius 2 is 1.56 bits per heavy atom. The summed E-state index contributed by atoms with van der Waals surface area (Å²) in [7, 11) is 6.00. The molecular weight excluding hydrogens is 354 g/mol. The van der Waals surface area contributed by atoms with E-state index in [1.807, 2.05) is 12.1 Å². The van der Waals surface area contributed by atoms with E-state index in [9.17, 15) is 10.1 Å². The predicted octanol–water partition coefficient (Wildman–Crippen LogP) is 2.75. The van der Waals surface area contributed by atoms with E-state index in [-0.39, 0.29) is 17.0 Å². The minimum atomic E-state index is -0.502. The van der Waals surface area contributed by atoms with Crippen molar-refractivity contribution in [2.45, 2.75) is 6.54 Å². The zero-order valence-corrected chi connectivity index (χ0v) is 15.5. The highest BCUT2D eigenvalue weighted by Crippen LogP contribution is 2.33. The number of hydrogen-bond donors (Lipinski definition) is 1. The van der Waals surface area contributed by atoms with Crippen LogP contribution in [0, 0.1) is 10.1 Å². The molecule has 144 valence electrons. The summed E-state index contributed by atoms with van der Waals surface area (Å²) in [5.41, 5.74) is 3.91. The smallest absolute Gasteiger partial charge is 0.282 e. The molecule has 0 spiro atoms. The standard InChI is InChI=1S/C18H21N3O6/c1-24-15-6-5-12(7-16(15)25-2)10-19-20-11-13-8-17(26-3)18(27-4)9-14(13)21(22)23/h5-9,11,19H,10H2,1-4H3/b20-11+. The number of benzene rings is 2. The summed E-state index contributed by atoms with van der Waals surface area (Å²) in [5, 5.41) is 15.3. The maximum absolute atomic E-state index is 11.3. The van der Waals surface area contributed by atoms with Gasteiger partial charge in [-0.3, -0.25) is 10.1 Å². The minimum Gasteiger partial charge on any atom is -0.493 e. The van der Waals surface area contributed by atoms with E-state index in [1.165, 1.54) is 32.6 Å². The molecule has 0 aliphatic rings. The van der Waals surface area contributed by atoms with Gasteiger partial charge in [0.1, 0.15) is 0 Å². The van der Waals surface area contributed by atoms with Crippen LogP contribution in [-0.4, -0.2) is 39.6 Å². The molecule has 0 heterocycles. The monoisotopic (exact) mass is 375 g/mol. The molecule has 0 radical (unpaired) electrons. The molecule has 0 saturated carbocycles. The van der Waals surface area contributed by atoms with Gasteiger partial charge in [-0.1, -0.05) is 6.07 Å². The number of ether oxygens (including phenoxy) is 4. The van der Waals surface area contributed by atoms with Crippen molar-refractivity contribution in [1.29, 1.82) is 0 Å². The van der Waals surface area contributed by atoms with Crippen LogP contribution in [-0.2, 0) is 6.54 Å². The van der Waals surface area contributed by atoms with Crippen LogP contribution < -0.4 is 24.4 Å². The fourth-order valence-corrected chi connectivity index (χ4v) is 2.39. The topological polar surface area (TPSA) is 104 Å². The second kappa shape index (κ2) is 9.27. The lowest BCUT2D eigenvalue weighted by Crippen LogP contribution is -2.07. The van der Waals surface area contributed by atoms with E-state index >= 15 is 0 Å². The summed E-state index contributed by atoms with van der Waals surface area (Å²) in [5.74, 6) is 1.89. The molecule has 2 aromatic rings. The van der Waals surface area contributed by atoms with Gasteiger partial charge in [0, 0.05) is 0 Å². The highest BCUT2D eigenvalue weighted by molar-refractivity contribution is 5.86. The molecule has 1 N–H and O–H groups in total. The molecule has 0 aliphatic heterocycles. The Kier molecular flexibility index (Phi) is 6.81. The summed E-state index contributed by atoms with van der Waals surface area (Å²) in [6.07, 6.45) is 1.36. The minimum absolute atomic E-state index is 0.135. The van der Waals surface area contributed by atoms with Gasteiger partial charge in [0.2, 0.25) is 0 Å². The summed E-state index contributed by atoms with van der Waals surface area (Å²) in [6, 6.07) is 8.27. The average Bonchev–Trinajstić information content (AvgIpc) is 2.70. The third kappa shape index (κ3) is 4.78. The van der Waals surface area contributed by atoms with Crippen molar-refractivity contribution in [3.63, 3.8) is 0 Å². The van der Waals surface area contributed by atoms with Crippen LogP contribution in [0.5, 0.6) is 23.0 Å². The van der Waals surface area contributed by atoms with Gasteiger partial charge in [0.05, 0.1) is 57.8 Å². The van der Waals surface area contributed by atoms with Crippen LogP contribution in [0.25, 0.3) is 0 Å². The molecule has 0 bridgehead atoms. The first-order chi connectivity index (χ1) is 13.0. The van der Waals surface area contributed by atoms with Crippen molar-refractivity contribution in [2.75, 3.05) is 28.4 Å². The van der Waals surface area contributed by atoms with Crippen molar-refractivity contribution in [2.24, 2.45) is 5.10 Å². The van der Waals surface area contributed by atoms with Gasteiger partial charge < -0.3 is 24.4 Å². The number of nitro benzene ring substituents is 1. The van der Waals surface area contributed by atoms with Crippen LogP contribution in [0.4, 0.5) is 5.69 Å². The average molecular weight is 375 g/mol. The normalized spacial score (nSPS) is 10.5. The fraction of sp³-hybridized carbons (Fsp3) is 0.278. The quantitative estimate of drug-likeness (QED) is 0.408. The maximum Gasteiger partial charge on any atom is 0.282 e. The Morgan fingerprint density at radius 3 is 2.15 bits per heavy atom. The first kappa shape index (κ1) is 19.8. The van der Waals surface area contributed by atoms with Crippen molar-refractivity contribution in [1.82, 2.24) is 5.43 Å². The Bertz CT molecular complexity index is 838. The van der Waals surface area contributed by atoms with E-state index in [2.05, 4.69) is 10.5 Å². The zero-order valence-electron chi connectivity index (χ0n) is 15.5. The zero-order chi connectivity index (χ0) is 19.8. The van der Waals surface area contributed by atoms with E-state index in [1.54, 1.807) is 20.3 Å². The van der Waals surface area contributed by atoms with E-state index in [0.29, 0.717) is 23.8 Å². The lowest BCUT2D eigenvalue weighted by atomic mass is 10.1. The molecule has 2 rings (SSSR count). The molecule has 0 aromatic heterocycles. The predicted molar refractivity (Wildman–Crippen MR) is 100 cm³/mol. The first-order valence-electron chi connectivity index (χ1n) is 7.91. The SMILES string of the molecule is COc1ccc(CN/N=C/c2cc(OC)c(OC)cc2[N+](=O)[O-])cc1OC. The molecule has 0 fully saturated rings.